The van der Waals surface area contributed by atoms with E-state index in [0.717, 1.165) is 5.69 Å². The van der Waals surface area contributed by atoms with Gasteiger partial charge in [-0.05, 0) is 31.2 Å². The van der Waals surface area contributed by atoms with Gasteiger partial charge in [-0.25, -0.2) is 14.9 Å². The van der Waals surface area contributed by atoms with Crippen LogP contribution in [-0.4, -0.2) is 21.6 Å². The fourth-order valence-electron chi connectivity index (χ4n) is 2.63. The minimum atomic E-state index is -0.461. The van der Waals surface area contributed by atoms with Gasteiger partial charge < -0.3 is 5.32 Å². The van der Waals surface area contributed by atoms with E-state index in [1.54, 1.807) is 35.5 Å². The van der Waals surface area contributed by atoms with Crippen LogP contribution in [0.15, 0.2) is 70.6 Å². The van der Waals surface area contributed by atoms with E-state index in [4.69, 9.17) is 0 Å². The van der Waals surface area contributed by atoms with Crippen molar-refractivity contribution in [3.8, 4) is 5.69 Å². The summed E-state index contributed by atoms with van der Waals surface area (Å²) in [4.78, 5) is 24.4. The number of hydrogen-bond donors (Lipinski definition) is 2. The minimum Gasteiger partial charge on any atom is -0.307 e. The van der Waals surface area contributed by atoms with E-state index in [1.165, 1.54) is 6.21 Å². The van der Waals surface area contributed by atoms with Crippen LogP contribution < -0.4 is 16.3 Å². The molecule has 0 radical (unpaired) electrons. The molecule has 2 N–H and O–H groups in total. The van der Waals surface area contributed by atoms with Crippen LogP contribution in [0.1, 0.15) is 11.3 Å². The number of aromatic nitrogens is 2. The fraction of sp³-hybridized carbons (Fsp3) is 0.105. The first-order valence-electron chi connectivity index (χ1n) is 8.07. The molecule has 1 heterocycles. The summed E-state index contributed by atoms with van der Waals surface area (Å²) < 4.78 is 3.26. The van der Waals surface area contributed by atoms with Crippen molar-refractivity contribution in [3.05, 3.63) is 82.3 Å². The van der Waals surface area contributed by atoms with Gasteiger partial charge in [0.25, 0.3) is 5.56 Å². The summed E-state index contributed by atoms with van der Waals surface area (Å²) >= 11 is 0. The molecule has 0 saturated heterocycles. The number of hydrogen-bond acceptors (Lipinski definition) is 3. The molecule has 0 spiro atoms. The normalized spacial score (nSPS) is 10.8. The molecule has 0 unspecified atom stereocenters. The van der Waals surface area contributed by atoms with Crippen molar-refractivity contribution in [2.45, 2.75) is 6.92 Å². The lowest BCUT2D eigenvalue weighted by Crippen LogP contribution is -2.24. The minimum absolute atomic E-state index is 0.131. The van der Waals surface area contributed by atoms with Crippen molar-refractivity contribution >= 4 is 17.9 Å². The Morgan fingerprint density at radius 2 is 1.65 bits per heavy atom. The van der Waals surface area contributed by atoms with E-state index in [9.17, 15) is 9.59 Å². The van der Waals surface area contributed by atoms with Gasteiger partial charge in [0.2, 0.25) is 0 Å². The molecule has 1 aromatic heterocycles. The van der Waals surface area contributed by atoms with Crippen molar-refractivity contribution in [1.82, 2.24) is 14.8 Å². The molecule has 0 saturated carbocycles. The molecule has 7 nitrogen and oxygen atoms in total. The lowest BCUT2D eigenvalue weighted by atomic mass is 10.3. The smallest absolute Gasteiger partial charge is 0.307 e. The summed E-state index contributed by atoms with van der Waals surface area (Å²) in [6.07, 6.45) is 1.46. The van der Waals surface area contributed by atoms with Gasteiger partial charge in [0.05, 0.1) is 17.6 Å². The first-order chi connectivity index (χ1) is 12.6. The van der Waals surface area contributed by atoms with E-state index in [1.807, 2.05) is 48.5 Å². The van der Waals surface area contributed by atoms with Crippen LogP contribution in [0.2, 0.25) is 0 Å². The number of amides is 2. The zero-order valence-corrected chi connectivity index (χ0v) is 14.5. The Bertz CT molecular complexity index is 988. The van der Waals surface area contributed by atoms with Gasteiger partial charge in [-0.15, -0.1) is 0 Å². The third-order valence-electron chi connectivity index (χ3n) is 3.93. The molecule has 0 aliphatic rings. The van der Waals surface area contributed by atoms with Crippen LogP contribution in [0, 0.1) is 6.92 Å². The monoisotopic (exact) mass is 349 g/mol. The number of rotatable bonds is 4. The second-order valence-electron chi connectivity index (χ2n) is 5.68. The molecule has 0 aliphatic carbocycles. The van der Waals surface area contributed by atoms with Crippen LogP contribution in [-0.2, 0) is 7.05 Å². The lowest BCUT2D eigenvalue weighted by Gasteiger charge is -2.08. The van der Waals surface area contributed by atoms with Crippen LogP contribution >= 0.6 is 0 Å². The second-order valence-corrected chi connectivity index (χ2v) is 5.68. The van der Waals surface area contributed by atoms with Crippen molar-refractivity contribution in [3.63, 3.8) is 0 Å². The van der Waals surface area contributed by atoms with Gasteiger partial charge >= 0.3 is 6.03 Å². The molecule has 7 heteroatoms. The van der Waals surface area contributed by atoms with E-state index in [0.29, 0.717) is 16.9 Å². The summed E-state index contributed by atoms with van der Waals surface area (Å²) in [7, 11) is 1.77. The third kappa shape index (κ3) is 3.56. The van der Waals surface area contributed by atoms with Gasteiger partial charge in [0.1, 0.15) is 0 Å². The topological polar surface area (TPSA) is 80.4 Å². The van der Waals surface area contributed by atoms with Gasteiger partial charge in [-0.2, -0.15) is 5.10 Å². The van der Waals surface area contributed by atoms with Crippen LogP contribution in [0.25, 0.3) is 5.69 Å². The van der Waals surface area contributed by atoms with Crippen LogP contribution in [0.5, 0.6) is 0 Å². The number of carbonyl (C=O) groups excluding carboxylic acids is 1. The number of anilines is 1. The molecular formula is C19H19N5O2. The quantitative estimate of drug-likeness (QED) is 0.561. The molecule has 132 valence electrons. The van der Waals surface area contributed by atoms with Crippen LogP contribution in [0.3, 0.4) is 0 Å². The molecule has 0 atom stereocenters. The van der Waals surface area contributed by atoms with Gasteiger partial charge in [-0.1, -0.05) is 36.4 Å². The summed E-state index contributed by atoms with van der Waals surface area (Å²) in [5.41, 5.74) is 4.85. The highest BCUT2D eigenvalue weighted by molar-refractivity contribution is 5.90. The number of hydrazone groups is 1. The Labute approximate surface area is 150 Å². The van der Waals surface area contributed by atoms with E-state index in [-0.39, 0.29) is 5.56 Å². The number of urea groups is 1. The molecule has 26 heavy (non-hydrogen) atoms. The number of nitrogens with zero attached hydrogens (tertiary/aromatic N) is 3. The number of carbonyl (C=O) groups is 1. The molecular weight excluding hydrogens is 330 g/mol. The summed E-state index contributed by atoms with van der Waals surface area (Å²) in [6, 6.07) is 17.9. The summed E-state index contributed by atoms with van der Waals surface area (Å²) in [6.45, 7) is 1.73. The predicted molar refractivity (Wildman–Crippen MR) is 102 cm³/mol. The fourth-order valence-corrected chi connectivity index (χ4v) is 2.63. The number of nitrogens with one attached hydrogen (secondary N) is 2. The van der Waals surface area contributed by atoms with Crippen molar-refractivity contribution < 1.29 is 4.79 Å². The van der Waals surface area contributed by atoms with E-state index < -0.39 is 6.03 Å². The maximum atomic E-state index is 12.5. The Balaban J connectivity index is 1.77. The third-order valence-corrected chi connectivity index (χ3v) is 3.93. The Kier molecular flexibility index (Phi) is 4.98. The molecule has 3 rings (SSSR count). The van der Waals surface area contributed by atoms with Gasteiger partial charge in [0, 0.05) is 18.3 Å². The number of para-hydroxylation sites is 2. The Morgan fingerprint density at radius 3 is 2.31 bits per heavy atom. The molecule has 3 aromatic rings. The molecule has 0 bridgehead atoms. The molecule has 0 fully saturated rings. The highest BCUT2D eigenvalue weighted by atomic mass is 16.2. The van der Waals surface area contributed by atoms with Gasteiger partial charge in [0.15, 0.2) is 0 Å². The predicted octanol–water partition coefficient (Wildman–Crippen LogP) is 2.64. The average molecular weight is 349 g/mol. The summed E-state index contributed by atoms with van der Waals surface area (Å²) in [5, 5.41) is 6.61. The van der Waals surface area contributed by atoms with Gasteiger partial charge in [-0.3, -0.25) is 9.48 Å². The first-order valence-corrected chi connectivity index (χ1v) is 8.07. The van der Waals surface area contributed by atoms with E-state index in [2.05, 4.69) is 15.8 Å². The first kappa shape index (κ1) is 17.2. The largest absolute Gasteiger partial charge is 0.339 e. The zero-order chi connectivity index (χ0) is 18.5. The highest BCUT2D eigenvalue weighted by Crippen LogP contribution is 2.08. The standard InChI is InChI=1S/C19H19N5O2/c1-14-17(13-20-22-19(26)21-15-9-5-3-6-10-15)23(2)24(18(14)25)16-11-7-4-8-12-16/h3-13H,1-2H3,(H2,21,22,26)/b20-13-. The maximum absolute atomic E-state index is 12.5. The second kappa shape index (κ2) is 7.52. The lowest BCUT2D eigenvalue weighted by molar-refractivity contribution is 0.252. The molecule has 0 aliphatic heterocycles. The highest BCUT2D eigenvalue weighted by Gasteiger charge is 2.14. The van der Waals surface area contributed by atoms with Crippen molar-refractivity contribution in [1.29, 1.82) is 0 Å². The average Bonchev–Trinajstić information content (AvgIpc) is 2.86. The van der Waals surface area contributed by atoms with Crippen LogP contribution in [0.4, 0.5) is 10.5 Å². The Morgan fingerprint density at radius 1 is 1.04 bits per heavy atom. The summed E-state index contributed by atoms with van der Waals surface area (Å²) in [5.74, 6) is 0. The molecule has 2 amide bonds. The Hall–Kier alpha value is -3.61. The maximum Gasteiger partial charge on any atom is 0.339 e. The van der Waals surface area contributed by atoms with Crippen molar-refractivity contribution in [2.24, 2.45) is 12.1 Å². The van der Waals surface area contributed by atoms with E-state index >= 15 is 0 Å². The van der Waals surface area contributed by atoms with Crippen molar-refractivity contribution in [2.75, 3.05) is 5.32 Å². The SMILES string of the molecule is Cc1c(/C=N\NC(=O)Nc2ccccc2)n(C)n(-c2ccccc2)c1=O. The zero-order valence-electron chi connectivity index (χ0n) is 14.5. The number of benzene rings is 2. The molecule has 2 aromatic carbocycles.